The summed E-state index contributed by atoms with van der Waals surface area (Å²) in [5.41, 5.74) is 3.32. The van der Waals surface area contributed by atoms with Crippen molar-refractivity contribution >= 4 is 0 Å². The van der Waals surface area contributed by atoms with Gasteiger partial charge >= 0.3 is 0 Å². The van der Waals surface area contributed by atoms with E-state index in [1.807, 2.05) is 30.3 Å². The number of nitrogens with zero attached hydrogens (tertiary/aromatic N) is 2. The van der Waals surface area contributed by atoms with Crippen molar-refractivity contribution in [3.05, 3.63) is 78.2 Å². The zero-order valence-corrected chi connectivity index (χ0v) is 13.5. The number of hydrogen-bond donors (Lipinski definition) is 0. The van der Waals surface area contributed by atoms with Crippen LogP contribution in [0.5, 0.6) is 0 Å². The Balaban J connectivity index is 1.69. The van der Waals surface area contributed by atoms with Crippen molar-refractivity contribution in [2.45, 2.75) is 26.4 Å². The lowest BCUT2D eigenvalue weighted by Gasteiger charge is -2.20. The molecule has 0 saturated carbocycles. The van der Waals surface area contributed by atoms with Crippen molar-refractivity contribution in [1.82, 2.24) is 9.88 Å². The second-order valence-corrected chi connectivity index (χ2v) is 5.71. The van der Waals surface area contributed by atoms with Gasteiger partial charge in [-0.25, -0.2) is 4.98 Å². The van der Waals surface area contributed by atoms with Crippen molar-refractivity contribution in [3.8, 4) is 11.5 Å². The summed E-state index contributed by atoms with van der Waals surface area (Å²) in [5.74, 6) is 0.691. The van der Waals surface area contributed by atoms with E-state index in [2.05, 4.69) is 47.1 Å². The molecule has 0 amide bonds. The second kappa shape index (κ2) is 7.75. The maximum absolute atomic E-state index is 5.64. The van der Waals surface area contributed by atoms with Gasteiger partial charge in [-0.3, -0.25) is 4.90 Å². The number of oxazole rings is 1. The molecule has 0 bridgehead atoms. The van der Waals surface area contributed by atoms with Gasteiger partial charge in [0.05, 0.1) is 5.69 Å². The van der Waals surface area contributed by atoms with Gasteiger partial charge in [-0.15, -0.1) is 0 Å². The summed E-state index contributed by atoms with van der Waals surface area (Å²) in [4.78, 5) is 7.04. The topological polar surface area (TPSA) is 29.3 Å². The van der Waals surface area contributed by atoms with Gasteiger partial charge in [0.1, 0.15) is 6.26 Å². The third-order valence-electron chi connectivity index (χ3n) is 3.75. The smallest absolute Gasteiger partial charge is 0.226 e. The molecule has 0 radical (unpaired) electrons. The van der Waals surface area contributed by atoms with E-state index in [-0.39, 0.29) is 0 Å². The first-order chi connectivity index (χ1) is 11.3. The highest BCUT2D eigenvalue weighted by Crippen LogP contribution is 2.19. The lowest BCUT2D eigenvalue weighted by Crippen LogP contribution is -2.23. The van der Waals surface area contributed by atoms with Crippen LogP contribution in [0, 0.1) is 0 Å². The number of aromatic nitrogens is 1. The molecule has 0 aliphatic carbocycles. The molecule has 3 nitrogen and oxygen atoms in total. The molecule has 0 atom stereocenters. The quantitative estimate of drug-likeness (QED) is 0.630. The van der Waals surface area contributed by atoms with Gasteiger partial charge in [0, 0.05) is 18.7 Å². The lowest BCUT2D eigenvalue weighted by molar-refractivity contribution is 0.254. The molecule has 0 unspecified atom stereocenters. The highest BCUT2D eigenvalue weighted by Gasteiger charge is 2.11. The molecule has 1 heterocycles. The van der Waals surface area contributed by atoms with E-state index in [0.717, 1.165) is 37.3 Å². The van der Waals surface area contributed by atoms with E-state index in [1.54, 1.807) is 6.26 Å². The number of hydrogen-bond acceptors (Lipinski definition) is 3. The molecule has 1 aromatic heterocycles. The summed E-state index contributed by atoms with van der Waals surface area (Å²) in [7, 11) is 0. The van der Waals surface area contributed by atoms with Gasteiger partial charge in [0.15, 0.2) is 0 Å². The fraction of sp³-hybridized carbons (Fsp3) is 0.250. The highest BCUT2D eigenvalue weighted by molar-refractivity contribution is 5.52. The van der Waals surface area contributed by atoms with Crippen LogP contribution in [0.15, 0.2) is 71.3 Å². The molecule has 2 aromatic carbocycles. The minimum absolute atomic E-state index is 0.691. The molecule has 118 valence electrons. The molecule has 0 aliphatic heterocycles. The van der Waals surface area contributed by atoms with Crippen LogP contribution in [0.4, 0.5) is 0 Å². The first-order valence-electron chi connectivity index (χ1n) is 8.11. The van der Waals surface area contributed by atoms with E-state index in [9.17, 15) is 0 Å². The van der Waals surface area contributed by atoms with Crippen LogP contribution >= 0.6 is 0 Å². The van der Waals surface area contributed by atoms with Crippen LogP contribution in [0.2, 0.25) is 0 Å². The van der Waals surface area contributed by atoms with Crippen molar-refractivity contribution in [1.29, 1.82) is 0 Å². The molecule has 23 heavy (non-hydrogen) atoms. The molecule has 0 spiro atoms. The predicted molar refractivity (Wildman–Crippen MR) is 92.8 cm³/mol. The normalized spacial score (nSPS) is 11.0. The van der Waals surface area contributed by atoms with Crippen molar-refractivity contribution in [2.75, 3.05) is 6.54 Å². The van der Waals surface area contributed by atoms with E-state index >= 15 is 0 Å². The van der Waals surface area contributed by atoms with Gasteiger partial charge in [0.25, 0.3) is 0 Å². The van der Waals surface area contributed by atoms with E-state index in [0.29, 0.717) is 5.89 Å². The van der Waals surface area contributed by atoms with Gasteiger partial charge in [-0.2, -0.15) is 0 Å². The van der Waals surface area contributed by atoms with Crippen LogP contribution < -0.4 is 0 Å². The Morgan fingerprint density at radius 2 is 1.61 bits per heavy atom. The minimum atomic E-state index is 0.691. The van der Waals surface area contributed by atoms with E-state index in [1.165, 1.54) is 5.56 Å². The molecule has 0 saturated heterocycles. The fourth-order valence-corrected chi connectivity index (χ4v) is 2.69. The van der Waals surface area contributed by atoms with E-state index < -0.39 is 0 Å². The summed E-state index contributed by atoms with van der Waals surface area (Å²) in [6.07, 6.45) is 2.90. The first-order valence-corrected chi connectivity index (χ1v) is 8.11. The summed E-state index contributed by atoms with van der Waals surface area (Å²) >= 11 is 0. The maximum atomic E-state index is 5.64. The largest absolute Gasteiger partial charge is 0.444 e. The fourth-order valence-electron chi connectivity index (χ4n) is 2.69. The zero-order chi connectivity index (χ0) is 15.9. The SMILES string of the molecule is CCCN(Cc1ccccc1)Cc1coc(-c2ccccc2)n1. The molecule has 0 fully saturated rings. The van der Waals surface area contributed by atoms with Crippen molar-refractivity contribution in [3.63, 3.8) is 0 Å². The van der Waals surface area contributed by atoms with Gasteiger partial charge in [-0.05, 0) is 30.7 Å². The summed E-state index contributed by atoms with van der Waals surface area (Å²) in [6.45, 7) is 4.99. The van der Waals surface area contributed by atoms with Crippen LogP contribution in [-0.4, -0.2) is 16.4 Å². The standard InChI is InChI=1S/C20H22N2O/c1-2-13-22(14-17-9-5-3-6-10-17)15-19-16-23-20(21-19)18-11-7-4-8-12-18/h3-12,16H,2,13-15H2,1H3. The minimum Gasteiger partial charge on any atom is -0.444 e. The summed E-state index contributed by atoms with van der Waals surface area (Å²) in [5, 5.41) is 0. The van der Waals surface area contributed by atoms with Crippen molar-refractivity contribution in [2.24, 2.45) is 0 Å². The number of rotatable bonds is 7. The average molecular weight is 306 g/mol. The summed E-state index contributed by atoms with van der Waals surface area (Å²) < 4.78 is 5.64. The number of benzene rings is 2. The molecular weight excluding hydrogens is 284 g/mol. The molecule has 3 heteroatoms. The average Bonchev–Trinajstić information content (AvgIpc) is 3.05. The van der Waals surface area contributed by atoms with Crippen LogP contribution in [-0.2, 0) is 13.1 Å². The third-order valence-corrected chi connectivity index (χ3v) is 3.75. The van der Waals surface area contributed by atoms with Gasteiger partial charge in [-0.1, -0.05) is 55.5 Å². The Labute approximate surface area is 137 Å². The second-order valence-electron chi connectivity index (χ2n) is 5.71. The van der Waals surface area contributed by atoms with E-state index in [4.69, 9.17) is 4.42 Å². The van der Waals surface area contributed by atoms with Crippen LogP contribution in [0.25, 0.3) is 11.5 Å². The Bertz CT molecular complexity index is 707. The molecule has 0 aliphatic rings. The molecular formula is C20H22N2O. The Kier molecular flexibility index (Phi) is 5.22. The first kappa shape index (κ1) is 15.5. The molecule has 0 N–H and O–H groups in total. The zero-order valence-electron chi connectivity index (χ0n) is 13.5. The highest BCUT2D eigenvalue weighted by atomic mass is 16.3. The maximum Gasteiger partial charge on any atom is 0.226 e. The third kappa shape index (κ3) is 4.30. The molecule has 3 aromatic rings. The summed E-state index contributed by atoms with van der Waals surface area (Å²) in [6, 6.07) is 20.6. The Morgan fingerprint density at radius 1 is 0.913 bits per heavy atom. The van der Waals surface area contributed by atoms with Crippen molar-refractivity contribution < 1.29 is 4.42 Å². The monoisotopic (exact) mass is 306 g/mol. The Hall–Kier alpha value is -2.39. The van der Waals surface area contributed by atoms with Gasteiger partial charge < -0.3 is 4.42 Å². The molecule has 3 rings (SSSR count). The van der Waals surface area contributed by atoms with Crippen LogP contribution in [0.1, 0.15) is 24.6 Å². The lowest BCUT2D eigenvalue weighted by atomic mass is 10.2. The predicted octanol–water partition coefficient (Wildman–Crippen LogP) is 4.75. The Morgan fingerprint density at radius 3 is 2.30 bits per heavy atom. The van der Waals surface area contributed by atoms with Gasteiger partial charge in [0.2, 0.25) is 5.89 Å². The van der Waals surface area contributed by atoms with Crippen LogP contribution in [0.3, 0.4) is 0 Å².